The lowest BCUT2D eigenvalue weighted by atomic mass is 9.78. The second kappa shape index (κ2) is 5.70. The molecule has 4 atom stereocenters. The van der Waals surface area contributed by atoms with Crippen molar-refractivity contribution in [3.63, 3.8) is 0 Å². The summed E-state index contributed by atoms with van der Waals surface area (Å²) in [5.41, 5.74) is 0. The zero-order valence-corrected chi connectivity index (χ0v) is 15.7. The van der Waals surface area contributed by atoms with Gasteiger partial charge in [-0.05, 0) is 31.5 Å². The molecular weight excluding hydrogens is 302 g/mol. The number of carbonyl (C=O) groups is 2. The first-order chi connectivity index (χ1) is 9.54. The molecule has 2 fully saturated rings. The van der Waals surface area contributed by atoms with Crippen LogP contribution < -0.4 is 5.32 Å². The van der Waals surface area contributed by atoms with Gasteiger partial charge in [-0.15, -0.1) is 0 Å². The van der Waals surface area contributed by atoms with Gasteiger partial charge in [-0.25, -0.2) is 0 Å². The standard InChI is InChI=1S/C15H27NO3SSi/c1-9(19-21(5,6)15(2,3)4)11-12(16-13(11)17)10-7-8-20-14(10)18/h9-12H,7-8H2,1-6H3,(H,16,17)/t9-,10?,11-,12-/m1/s1. The summed E-state index contributed by atoms with van der Waals surface area (Å²) < 4.78 is 6.36. The molecule has 21 heavy (non-hydrogen) atoms. The highest BCUT2D eigenvalue weighted by Crippen LogP contribution is 2.41. The SMILES string of the molecule is C[C@@H](O[Si](C)(C)C(C)(C)C)[C@H]1C(=O)N[C@@H]1C1CCSC1=O. The van der Waals surface area contributed by atoms with Gasteiger partial charge >= 0.3 is 0 Å². The van der Waals surface area contributed by atoms with Crippen LogP contribution in [0.3, 0.4) is 0 Å². The quantitative estimate of drug-likeness (QED) is 0.636. The van der Waals surface area contributed by atoms with Crippen LogP contribution in [0.4, 0.5) is 0 Å². The van der Waals surface area contributed by atoms with E-state index in [9.17, 15) is 9.59 Å². The van der Waals surface area contributed by atoms with Crippen molar-refractivity contribution in [2.75, 3.05) is 5.75 Å². The van der Waals surface area contributed by atoms with Crippen LogP contribution in [0.5, 0.6) is 0 Å². The average molecular weight is 330 g/mol. The number of hydrogen-bond acceptors (Lipinski definition) is 4. The van der Waals surface area contributed by atoms with E-state index >= 15 is 0 Å². The first-order valence-electron chi connectivity index (χ1n) is 7.69. The van der Waals surface area contributed by atoms with Gasteiger partial charge in [0.1, 0.15) is 0 Å². The third-order valence-corrected chi connectivity index (χ3v) is 10.8. The van der Waals surface area contributed by atoms with Crippen LogP contribution >= 0.6 is 11.8 Å². The number of amides is 1. The molecule has 0 saturated carbocycles. The van der Waals surface area contributed by atoms with Crippen molar-refractivity contribution in [3.8, 4) is 0 Å². The van der Waals surface area contributed by atoms with Gasteiger partial charge in [0.25, 0.3) is 0 Å². The molecule has 0 bridgehead atoms. The van der Waals surface area contributed by atoms with E-state index in [4.69, 9.17) is 4.43 Å². The molecule has 2 rings (SSSR count). The van der Waals surface area contributed by atoms with Crippen molar-refractivity contribution in [2.24, 2.45) is 11.8 Å². The zero-order chi connectivity index (χ0) is 16.0. The van der Waals surface area contributed by atoms with Gasteiger partial charge in [0, 0.05) is 5.75 Å². The Hall–Kier alpha value is -0.333. The fourth-order valence-electron chi connectivity index (χ4n) is 2.83. The maximum absolute atomic E-state index is 12.0. The zero-order valence-electron chi connectivity index (χ0n) is 13.9. The summed E-state index contributed by atoms with van der Waals surface area (Å²) in [6.07, 6.45) is 0.751. The number of β-lactam (4-membered cyclic amide) rings is 1. The van der Waals surface area contributed by atoms with Gasteiger partial charge in [0.15, 0.2) is 13.4 Å². The average Bonchev–Trinajstić information content (AvgIpc) is 2.69. The highest BCUT2D eigenvalue weighted by molar-refractivity contribution is 8.14. The van der Waals surface area contributed by atoms with E-state index in [1.165, 1.54) is 11.8 Å². The maximum atomic E-state index is 12.0. The van der Waals surface area contributed by atoms with E-state index in [2.05, 4.69) is 39.2 Å². The summed E-state index contributed by atoms with van der Waals surface area (Å²) >= 11 is 1.39. The van der Waals surface area contributed by atoms with Gasteiger partial charge < -0.3 is 9.74 Å². The van der Waals surface area contributed by atoms with Gasteiger partial charge in [0.05, 0.1) is 24.0 Å². The Balaban J connectivity index is 2.05. The molecule has 1 unspecified atom stereocenters. The molecular formula is C15H27NO3SSi. The minimum atomic E-state index is -1.90. The Bertz CT molecular complexity index is 447. The molecule has 0 aromatic carbocycles. The van der Waals surface area contributed by atoms with E-state index in [0.717, 1.165) is 12.2 Å². The van der Waals surface area contributed by atoms with Gasteiger partial charge in [-0.1, -0.05) is 32.5 Å². The molecule has 120 valence electrons. The second-order valence-corrected chi connectivity index (χ2v) is 13.6. The van der Waals surface area contributed by atoms with E-state index in [-0.39, 0.29) is 40.0 Å². The topological polar surface area (TPSA) is 55.4 Å². The molecule has 2 saturated heterocycles. The summed E-state index contributed by atoms with van der Waals surface area (Å²) in [5, 5.41) is 3.28. The second-order valence-electron chi connectivity index (χ2n) is 7.71. The lowest BCUT2D eigenvalue weighted by Gasteiger charge is -2.46. The Labute approximate surface area is 132 Å². The number of thioether (sulfide) groups is 1. The molecule has 1 N–H and O–H groups in total. The van der Waals surface area contributed by atoms with Crippen molar-refractivity contribution in [3.05, 3.63) is 0 Å². The molecule has 0 radical (unpaired) electrons. The Morgan fingerprint density at radius 2 is 1.95 bits per heavy atom. The predicted molar refractivity (Wildman–Crippen MR) is 88.7 cm³/mol. The molecule has 0 aliphatic carbocycles. The smallest absolute Gasteiger partial charge is 0.228 e. The largest absolute Gasteiger partial charge is 0.413 e. The monoisotopic (exact) mass is 329 g/mol. The number of hydrogen-bond donors (Lipinski definition) is 1. The van der Waals surface area contributed by atoms with Crippen LogP contribution in [0.25, 0.3) is 0 Å². The third-order valence-electron chi connectivity index (χ3n) is 5.20. The summed E-state index contributed by atoms with van der Waals surface area (Å²) in [6.45, 7) is 13.0. The third kappa shape index (κ3) is 3.22. The van der Waals surface area contributed by atoms with Crippen LogP contribution in [-0.2, 0) is 14.0 Å². The summed E-state index contributed by atoms with van der Waals surface area (Å²) in [4.78, 5) is 23.9. The number of carbonyl (C=O) groups excluding carboxylic acids is 2. The van der Waals surface area contributed by atoms with Crippen LogP contribution in [0, 0.1) is 11.8 Å². The Morgan fingerprint density at radius 1 is 1.33 bits per heavy atom. The fourth-order valence-corrected chi connectivity index (χ4v) is 5.31. The molecule has 2 heterocycles. The highest BCUT2D eigenvalue weighted by atomic mass is 32.2. The van der Waals surface area contributed by atoms with Crippen molar-refractivity contribution < 1.29 is 14.0 Å². The van der Waals surface area contributed by atoms with Crippen LogP contribution in [0.1, 0.15) is 34.1 Å². The van der Waals surface area contributed by atoms with Crippen molar-refractivity contribution >= 4 is 31.1 Å². The molecule has 0 spiro atoms. The number of rotatable bonds is 4. The summed E-state index contributed by atoms with van der Waals surface area (Å²) in [5.74, 6) is 0.714. The highest BCUT2D eigenvalue weighted by Gasteiger charge is 2.52. The molecule has 0 aromatic heterocycles. The van der Waals surface area contributed by atoms with Crippen molar-refractivity contribution in [2.45, 2.75) is 64.4 Å². The molecule has 1 amide bonds. The summed E-state index contributed by atoms with van der Waals surface area (Å²) in [7, 11) is -1.90. The van der Waals surface area contributed by atoms with Crippen LogP contribution in [0.2, 0.25) is 18.1 Å². The Kier molecular flexibility index (Phi) is 4.62. The Morgan fingerprint density at radius 3 is 2.38 bits per heavy atom. The molecule has 4 nitrogen and oxygen atoms in total. The molecule has 0 aromatic rings. The van der Waals surface area contributed by atoms with Gasteiger partial charge in [-0.3, -0.25) is 9.59 Å². The maximum Gasteiger partial charge on any atom is 0.228 e. The van der Waals surface area contributed by atoms with E-state index < -0.39 is 8.32 Å². The minimum Gasteiger partial charge on any atom is -0.413 e. The normalized spacial score (nSPS) is 31.8. The van der Waals surface area contributed by atoms with E-state index in [1.807, 2.05) is 6.92 Å². The van der Waals surface area contributed by atoms with Crippen LogP contribution in [-0.4, -0.2) is 37.2 Å². The fraction of sp³-hybridized carbons (Fsp3) is 0.867. The van der Waals surface area contributed by atoms with E-state index in [0.29, 0.717) is 0 Å². The first-order valence-corrected chi connectivity index (χ1v) is 11.6. The van der Waals surface area contributed by atoms with Crippen molar-refractivity contribution in [1.29, 1.82) is 0 Å². The summed E-state index contributed by atoms with van der Waals surface area (Å²) in [6, 6.07) is -0.0280. The predicted octanol–water partition coefficient (Wildman–Crippen LogP) is 2.79. The lowest BCUT2D eigenvalue weighted by molar-refractivity contribution is -0.143. The molecule has 2 aliphatic rings. The van der Waals surface area contributed by atoms with Crippen molar-refractivity contribution in [1.82, 2.24) is 5.32 Å². The minimum absolute atomic E-state index is 0.0248. The first kappa shape index (κ1) is 17.0. The van der Waals surface area contributed by atoms with Crippen LogP contribution in [0.15, 0.2) is 0 Å². The number of nitrogens with one attached hydrogen (secondary N) is 1. The van der Waals surface area contributed by atoms with E-state index in [1.54, 1.807) is 0 Å². The molecule has 6 heteroatoms. The lowest BCUT2D eigenvalue weighted by Crippen LogP contribution is -2.66. The van der Waals surface area contributed by atoms with Gasteiger partial charge in [-0.2, -0.15) is 0 Å². The molecule has 2 aliphatic heterocycles. The van der Waals surface area contributed by atoms with Gasteiger partial charge in [0.2, 0.25) is 5.91 Å².